The largest absolute Gasteiger partial charge is 1.00 e. The van der Waals surface area contributed by atoms with Gasteiger partial charge in [0.1, 0.15) is 0 Å². The van der Waals surface area contributed by atoms with Crippen LogP contribution in [0.3, 0.4) is 0 Å². The summed E-state index contributed by atoms with van der Waals surface area (Å²) in [6.07, 6.45) is 7.35. The summed E-state index contributed by atoms with van der Waals surface area (Å²) in [5.74, 6) is 0.910. The molecule has 0 nitrogen and oxygen atoms in total. The molecule has 0 radical (unpaired) electrons. The van der Waals surface area contributed by atoms with Gasteiger partial charge in [-0.15, -0.1) is 0 Å². The summed E-state index contributed by atoms with van der Waals surface area (Å²) in [6.45, 7) is 14.5. The fraction of sp³-hybridized carbons (Fsp3) is 0.238. The first-order valence-corrected chi connectivity index (χ1v) is 24.0. The van der Waals surface area contributed by atoms with Gasteiger partial charge in [0.2, 0.25) is 0 Å². The van der Waals surface area contributed by atoms with Crippen LogP contribution in [-0.2, 0) is 33.2 Å². The van der Waals surface area contributed by atoms with Crippen molar-refractivity contribution >= 4 is 27.0 Å². The van der Waals surface area contributed by atoms with Crippen LogP contribution in [0.5, 0.6) is 0 Å². The predicted molar refractivity (Wildman–Crippen MR) is 189 cm³/mol. The number of halogens is 2. The van der Waals surface area contributed by atoms with Crippen molar-refractivity contribution in [3.63, 3.8) is 0 Å². The van der Waals surface area contributed by atoms with Gasteiger partial charge >= 0.3 is 275 Å². The van der Waals surface area contributed by atoms with Gasteiger partial charge in [-0.05, 0) is 0 Å². The molecule has 2 aliphatic rings. The van der Waals surface area contributed by atoms with Crippen LogP contribution in [0.1, 0.15) is 63.8 Å². The second-order valence-electron chi connectivity index (χ2n) is 12.3. The average molecular weight is 739 g/mol. The van der Waals surface area contributed by atoms with Crippen molar-refractivity contribution in [1.82, 2.24) is 0 Å². The molecule has 2 unspecified atom stereocenters. The maximum absolute atomic E-state index is 2.62. The topological polar surface area (TPSA) is 0 Å². The first kappa shape index (κ1) is 36.4. The molecule has 2 aliphatic carbocycles. The molecule has 2 atom stereocenters. The normalized spacial score (nSPS) is 17.1. The molecule has 4 aromatic rings. The number of hydrogen-bond acceptors (Lipinski definition) is 0. The first-order chi connectivity index (χ1) is 21.4. The van der Waals surface area contributed by atoms with Crippen molar-refractivity contribution in [3.05, 3.63) is 161 Å². The van der Waals surface area contributed by atoms with Crippen LogP contribution in [0.4, 0.5) is 0 Å². The summed E-state index contributed by atoms with van der Waals surface area (Å²) in [5, 5.41) is 3.14. The monoisotopic (exact) mass is 736 g/mol. The molecule has 0 spiro atoms. The molecule has 0 saturated carbocycles. The minimum Gasteiger partial charge on any atom is -1.00 e. The Kier molecular flexibility index (Phi) is 12.7. The van der Waals surface area contributed by atoms with E-state index >= 15 is 0 Å². The van der Waals surface area contributed by atoms with E-state index in [2.05, 4.69) is 163 Å². The molecule has 0 saturated heterocycles. The third-order valence-electron chi connectivity index (χ3n) is 9.65. The van der Waals surface area contributed by atoms with Crippen molar-refractivity contribution in [1.29, 1.82) is 0 Å². The second kappa shape index (κ2) is 16.1. The molecular weight excluding hydrogens is 695 g/mol. The average Bonchev–Trinajstić information content (AvgIpc) is 3.53. The Hall–Kier alpha value is -2.48. The van der Waals surface area contributed by atoms with E-state index in [4.69, 9.17) is 0 Å². The molecule has 0 aromatic heterocycles. The Morgan fingerprint density at radius 1 is 0.522 bits per heavy atom. The van der Waals surface area contributed by atoms with Gasteiger partial charge in [-0.25, -0.2) is 0 Å². The van der Waals surface area contributed by atoms with E-state index in [1.807, 2.05) is 6.56 Å². The van der Waals surface area contributed by atoms with Crippen LogP contribution in [0, 0.1) is 11.8 Å². The third kappa shape index (κ3) is 6.88. The zero-order chi connectivity index (χ0) is 30.8. The molecule has 0 amide bonds. The molecule has 0 bridgehead atoms. The Morgan fingerprint density at radius 3 is 1.24 bits per heavy atom. The zero-order valence-corrected chi connectivity index (χ0v) is 32.8. The molecule has 0 N–H and O–H groups in total. The number of rotatable bonds is 8. The summed E-state index contributed by atoms with van der Waals surface area (Å²) in [4.78, 5) is 0. The van der Waals surface area contributed by atoms with Crippen molar-refractivity contribution in [2.24, 2.45) is 11.8 Å². The predicted octanol–water partition coefficient (Wildman–Crippen LogP) is 3.56. The van der Waals surface area contributed by atoms with E-state index in [-0.39, 0.29) is 24.8 Å². The molecule has 0 heterocycles. The molecule has 234 valence electrons. The van der Waals surface area contributed by atoms with Crippen LogP contribution >= 0.6 is 0 Å². The Morgan fingerprint density at radius 2 is 0.870 bits per heavy atom. The Bertz CT molecular complexity index is 1730. The molecule has 4 aromatic carbocycles. The molecule has 0 fully saturated rings. The Labute approximate surface area is 297 Å². The maximum Gasteiger partial charge on any atom is -1.00 e. The molecular formula is C42H44Cl2SiZr. The van der Waals surface area contributed by atoms with Crippen LogP contribution in [-0.4, -0.2) is 5.43 Å². The smallest absolute Gasteiger partial charge is 1.00 e. The number of benzene rings is 4. The summed E-state index contributed by atoms with van der Waals surface area (Å²) in [7, 11) is 0. The summed E-state index contributed by atoms with van der Waals surface area (Å²) < 4.78 is 3.63. The summed E-state index contributed by atoms with van der Waals surface area (Å²) in [6, 6.07) is 41.4. The molecule has 4 heteroatoms. The van der Waals surface area contributed by atoms with Gasteiger partial charge in [-0.1, -0.05) is 0 Å². The van der Waals surface area contributed by atoms with Gasteiger partial charge < -0.3 is 24.8 Å². The quantitative estimate of drug-likeness (QED) is 0.243. The number of allylic oxidation sites excluding steroid dienone is 8. The molecule has 0 aliphatic heterocycles. The van der Waals surface area contributed by atoms with Gasteiger partial charge in [0.15, 0.2) is 0 Å². The second-order valence-corrected chi connectivity index (χ2v) is 25.4. The number of hydrogen-bond donors (Lipinski definition) is 0. The van der Waals surface area contributed by atoms with Crippen LogP contribution in [0.2, 0.25) is 0 Å². The van der Waals surface area contributed by atoms with Crippen molar-refractivity contribution in [2.45, 2.75) is 54.4 Å². The van der Waals surface area contributed by atoms with Gasteiger partial charge in [-0.2, -0.15) is 0 Å². The fourth-order valence-corrected chi connectivity index (χ4v) is 31.5. The van der Waals surface area contributed by atoms with E-state index in [0.717, 1.165) is 12.8 Å². The number of aryl methyl sites for hydroxylation is 2. The summed E-state index contributed by atoms with van der Waals surface area (Å²) in [5.41, 5.74) is 10.8. The van der Waals surface area contributed by atoms with Crippen LogP contribution < -0.4 is 35.2 Å². The minimum absolute atomic E-state index is 0. The van der Waals surface area contributed by atoms with E-state index < -0.39 is 25.8 Å². The van der Waals surface area contributed by atoms with Gasteiger partial charge in [0, 0.05) is 0 Å². The van der Waals surface area contributed by atoms with Gasteiger partial charge in [0.05, 0.1) is 0 Å². The molecule has 6 rings (SSSR count). The Balaban J connectivity index is 0.00000240. The molecule has 46 heavy (non-hydrogen) atoms. The fourth-order valence-electron chi connectivity index (χ4n) is 7.57. The van der Waals surface area contributed by atoms with Crippen LogP contribution in [0.15, 0.2) is 139 Å². The van der Waals surface area contributed by atoms with E-state index in [0.29, 0.717) is 11.8 Å². The maximum atomic E-state index is 2.62. The van der Waals surface area contributed by atoms with Crippen molar-refractivity contribution < 1.29 is 45.2 Å². The van der Waals surface area contributed by atoms with E-state index in [1.165, 1.54) is 33.4 Å². The van der Waals surface area contributed by atoms with Crippen molar-refractivity contribution in [2.75, 3.05) is 0 Å². The van der Waals surface area contributed by atoms with E-state index in [1.54, 1.807) is 21.5 Å². The minimum atomic E-state index is -2.62. The van der Waals surface area contributed by atoms with Crippen LogP contribution in [0.25, 0.3) is 11.1 Å². The third-order valence-corrected chi connectivity index (χ3v) is 29.8. The summed E-state index contributed by atoms with van der Waals surface area (Å²) >= 11 is -2.62. The van der Waals surface area contributed by atoms with E-state index in [9.17, 15) is 0 Å². The first-order valence-electron chi connectivity index (χ1n) is 16.3. The zero-order valence-electron chi connectivity index (χ0n) is 27.9. The SMILES string of the molecule is CCc1ccccc1C1=CC(C)[C]([Zr+2]([C]2=C(C)C(c3ccccc3CC)=CC2C)=[Si](c2ccccc2)c2ccccc2)=C1C.[Cl-].[Cl-]. The van der Waals surface area contributed by atoms with Gasteiger partial charge in [-0.3, -0.25) is 0 Å². The van der Waals surface area contributed by atoms with Gasteiger partial charge in [0.25, 0.3) is 0 Å². The standard InChI is InChI=1S/2C15H17.C12H10Si.2ClH.Zr/c2*1-4-13-7-5-6-8-14(13)15-10-11(2)9-12(15)3;1-3-7-11(8-4-1)13-12-9-5-2-6-10-12;;;/h2*5-8,10-11H,4H2,1-3H3;1-10H;2*1H;/q;;;;;+2/p-2. The van der Waals surface area contributed by atoms with Crippen molar-refractivity contribution in [3.8, 4) is 0 Å².